The molecule has 4 aromatic rings. The largest absolute Gasteiger partial charge is 0.508 e. The molecule has 1 N–H and O–H groups in total. The molecular formula is C24H20O6. The summed E-state index contributed by atoms with van der Waals surface area (Å²) < 4.78 is 15.8. The Labute approximate surface area is 172 Å². The fourth-order valence-corrected chi connectivity index (χ4v) is 3.39. The highest BCUT2D eigenvalue weighted by Gasteiger charge is 2.18. The average molecular weight is 404 g/mol. The van der Waals surface area contributed by atoms with Gasteiger partial charge in [0.05, 0.1) is 13.0 Å². The molecule has 152 valence electrons. The summed E-state index contributed by atoms with van der Waals surface area (Å²) in [5, 5.41) is 12.2. The molecule has 4 rings (SSSR count). The van der Waals surface area contributed by atoms with Crippen LogP contribution in [0.5, 0.6) is 11.5 Å². The number of rotatable bonds is 5. The summed E-state index contributed by atoms with van der Waals surface area (Å²) in [4.78, 5) is 24.4. The van der Waals surface area contributed by atoms with Gasteiger partial charge in [-0.2, -0.15) is 0 Å². The van der Waals surface area contributed by atoms with Gasteiger partial charge >= 0.3 is 11.6 Å². The van der Waals surface area contributed by atoms with Crippen LogP contribution >= 0.6 is 0 Å². The number of hydrogen-bond donors (Lipinski definition) is 1. The van der Waals surface area contributed by atoms with Crippen molar-refractivity contribution in [3.63, 3.8) is 0 Å². The van der Waals surface area contributed by atoms with E-state index in [4.69, 9.17) is 13.9 Å². The standard InChI is InChI=1S/C24H20O6/c1-14(15-3-4-17-10-20(28-2)7-5-16(17)9-15)24(27)29-13-18-11-23(26)30-22-12-19(25)6-8-21(18)22/h3-12,14,25H,13H2,1-2H3/t14-/m0/s1. The van der Waals surface area contributed by atoms with E-state index in [-0.39, 0.29) is 17.9 Å². The van der Waals surface area contributed by atoms with E-state index < -0.39 is 17.5 Å². The fraction of sp³-hybridized carbons (Fsp3) is 0.167. The molecule has 0 spiro atoms. The number of aromatic hydroxyl groups is 1. The maximum atomic E-state index is 12.6. The maximum Gasteiger partial charge on any atom is 0.336 e. The van der Waals surface area contributed by atoms with Crippen LogP contribution in [0.25, 0.3) is 21.7 Å². The summed E-state index contributed by atoms with van der Waals surface area (Å²) in [6, 6.07) is 17.3. The summed E-state index contributed by atoms with van der Waals surface area (Å²) in [6.45, 7) is 1.71. The summed E-state index contributed by atoms with van der Waals surface area (Å²) in [5.41, 5.74) is 1.02. The van der Waals surface area contributed by atoms with Gasteiger partial charge < -0.3 is 19.0 Å². The normalized spacial score (nSPS) is 12.1. The Balaban J connectivity index is 1.54. The smallest absolute Gasteiger partial charge is 0.336 e. The topological polar surface area (TPSA) is 86.0 Å². The number of phenolic OH excluding ortho intramolecular Hbond substituents is 1. The minimum Gasteiger partial charge on any atom is -0.508 e. The van der Waals surface area contributed by atoms with Gasteiger partial charge in [0.1, 0.15) is 23.7 Å². The van der Waals surface area contributed by atoms with Gasteiger partial charge in [-0.05, 0) is 47.5 Å². The Hall–Kier alpha value is -3.80. The zero-order valence-electron chi connectivity index (χ0n) is 16.5. The van der Waals surface area contributed by atoms with E-state index in [0.29, 0.717) is 10.9 Å². The Kier molecular flexibility index (Phi) is 5.14. The van der Waals surface area contributed by atoms with Gasteiger partial charge in [-0.15, -0.1) is 0 Å². The second kappa shape index (κ2) is 7.91. The molecule has 0 saturated carbocycles. The third-order valence-corrected chi connectivity index (χ3v) is 5.11. The van der Waals surface area contributed by atoms with Crippen LogP contribution in [0.1, 0.15) is 24.0 Å². The van der Waals surface area contributed by atoms with E-state index in [1.54, 1.807) is 20.1 Å². The molecule has 6 nitrogen and oxygen atoms in total. The van der Waals surface area contributed by atoms with Crippen LogP contribution in [0.4, 0.5) is 0 Å². The molecule has 0 amide bonds. The lowest BCUT2D eigenvalue weighted by Gasteiger charge is -2.14. The van der Waals surface area contributed by atoms with Crippen molar-refractivity contribution in [2.75, 3.05) is 7.11 Å². The molecule has 1 atom stereocenters. The Morgan fingerprint density at radius 2 is 1.80 bits per heavy atom. The van der Waals surface area contributed by atoms with Crippen molar-refractivity contribution in [1.29, 1.82) is 0 Å². The number of hydrogen-bond acceptors (Lipinski definition) is 6. The van der Waals surface area contributed by atoms with Crippen molar-refractivity contribution in [1.82, 2.24) is 0 Å². The molecule has 30 heavy (non-hydrogen) atoms. The summed E-state index contributed by atoms with van der Waals surface area (Å²) in [6.07, 6.45) is 0. The number of carbonyl (C=O) groups excluding carboxylic acids is 1. The average Bonchev–Trinajstić information content (AvgIpc) is 2.75. The second-order valence-electron chi connectivity index (χ2n) is 7.07. The van der Waals surface area contributed by atoms with Crippen LogP contribution in [-0.4, -0.2) is 18.2 Å². The highest BCUT2D eigenvalue weighted by molar-refractivity contribution is 5.87. The number of fused-ring (bicyclic) bond motifs is 2. The molecule has 0 aliphatic carbocycles. The van der Waals surface area contributed by atoms with Crippen LogP contribution in [0.15, 0.2) is 69.9 Å². The molecule has 1 heterocycles. The molecule has 6 heteroatoms. The Bertz CT molecular complexity index is 1300. The lowest BCUT2D eigenvalue weighted by atomic mass is 9.98. The summed E-state index contributed by atoms with van der Waals surface area (Å²) in [5.74, 6) is -0.118. The number of phenols is 1. The molecule has 3 aromatic carbocycles. The third-order valence-electron chi connectivity index (χ3n) is 5.11. The molecule has 0 saturated heterocycles. The predicted octanol–water partition coefficient (Wildman–Crippen LogP) is 4.51. The number of methoxy groups -OCH3 is 1. The van der Waals surface area contributed by atoms with E-state index in [9.17, 15) is 14.7 Å². The zero-order valence-corrected chi connectivity index (χ0v) is 16.5. The summed E-state index contributed by atoms with van der Waals surface area (Å²) >= 11 is 0. The lowest BCUT2D eigenvalue weighted by molar-refractivity contribution is -0.146. The van der Waals surface area contributed by atoms with E-state index in [0.717, 1.165) is 22.1 Å². The van der Waals surface area contributed by atoms with Gasteiger partial charge in [0, 0.05) is 23.1 Å². The van der Waals surface area contributed by atoms with Gasteiger partial charge in [0.25, 0.3) is 0 Å². The van der Waals surface area contributed by atoms with E-state index in [2.05, 4.69) is 0 Å². The molecular weight excluding hydrogens is 384 g/mol. The Morgan fingerprint density at radius 1 is 1.03 bits per heavy atom. The predicted molar refractivity (Wildman–Crippen MR) is 113 cm³/mol. The highest BCUT2D eigenvalue weighted by atomic mass is 16.5. The molecule has 0 fully saturated rings. The van der Waals surface area contributed by atoms with Crippen molar-refractivity contribution in [3.05, 3.63) is 82.2 Å². The van der Waals surface area contributed by atoms with Crippen molar-refractivity contribution >= 4 is 27.7 Å². The Morgan fingerprint density at radius 3 is 2.60 bits per heavy atom. The number of benzene rings is 3. The molecule has 1 aromatic heterocycles. The fourth-order valence-electron chi connectivity index (χ4n) is 3.39. The minimum atomic E-state index is -0.572. The van der Waals surface area contributed by atoms with Gasteiger partial charge in [-0.1, -0.05) is 24.3 Å². The van der Waals surface area contributed by atoms with E-state index >= 15 is 0 Å². The first kappa shape index (κ1) is 19.5. The van der Waals surface area contributed by atoms with E-state index in [1.807, 2.05) is 36.4 Å². The first-order valence-corrected chi connectivity index (χ1v) is 9.44. The number of ether oxygens (including phenoxy) is 2. The first-order valence-electron chi connectivity index (χ1n) is 9.44. The van der Waals surface area contributed by atoms with Crippen molar-refractivity contribution in [2.45, 2.75) is 19.4 Å². The maximum absolute atomic E-state index is 12.6. The van der Waals surface area contributed by atoms with Crippen LogP contribution in [0, 0.1) is 0 Å². The summed E-state index contributed by atoms with van der Waals surface area (Å²) in [7, 11) is 1.62. The van der Waals surface area contributed by atoms with Crippen LogP contribution < -0.4 is 10.4 Å². The van der Waals surface area contributed by atoms with Crippen molar-refractivity contribution in [3.8, 4) is 11.5 Å². The van der Waals surface area contributed by atoms with Crippen molar-refractivity contribution in [2.24, 2.45) is 0 Å². The van der Waals surface area contributed by atoms with Crippen LogP contribution in [0.2, 0.25) is 0 Å². The molecule has 0 bridgehead atoms. The monoisotopic (exact) mass is 404 g/mol. The molecule has 0 unspecified atom stereocenters. The number of esters is 1. The van der Waals surface area contributed by atoms with Gasteiger partial charge in [0.2, 0.25) is 0 Å². The first-order chi connectivity index (χ1) is 14.4. The van der Waals surface area contributed by atoms with E-state index in [1.165, 1.54) is 18.2 Å². The molecule has 0 aliphatic rings. The second-order valence-corrected chi connectivity index (χ2v) is 7.07. The van der Waals surface area contributed by atoms with Gasteiger partial charge in [-0.25, -0.2) is 4.79 Å². The van der Waals surface area contributed by atoms with Gasteiger partial charge in [-0.3, -0.25) is 4.79 Å². The molecule has 0 aliphatic heterocycles. The lowest BCUT2D eigenvalue weighted by Crippen LogP contribution is -2.14. The SMILES string of the molecule is COc1ccc2cc([C@H](C)C(=O)OCc3cc(=O)oc4cc(O)ccc34)ccc2c1. The van der Waals surface area contributed by atoms with Crippen LogP contribution in [0.3, 0.4) is 0 Å². The van der Waals surface area contributed by atoms with Gasteiger partial charge in [0.15, 0.2) is 0 Å². The zero-order chi connectivity index (χ0) is 21.3. The number of carbonyl (C=O) groups is 1. The van der Waals surface area contributed by atoms with Crippen LogP contribution in [-0.2, 0) is 16.1 Å². The quantitative estimate of drug-likeness (QED) is 0.389. The highest BCUT2D eigenvalue weighted by Crippen LogP contribution is 2.27. The molecule has 0 radical (unpaired) electrons. The third kappa shape index (κ3) is 3.85. The minimum absolute atomic E-state index is 0.0117. The van der Waals surface area contributed by atoms with Crippen molar-refractivity contribution < 1.29 is 23.8 Å².